The smallest absolute Gasteiger partial charge is 0.255 e. The summed E-state index contributed by atoms with van der Waals surface area (Å²) in [6, 6.07) is 7.75. The molecule has 22 heavy (non-hydrogen) atoms. The van der Waals surface area contributed by atoms with Gasteiger partial charge in [0.2, 0.25) is 0 Å². The van der Waals surface area contributed by atoms with E-state index >= 15 is 0 Å². The summed E-state index contributed by atoms with van der Waals surface area (Å²) in [7, 11) is 0. The van der Waals surface area contributed by atoms with Crippen molar-refractivity contribution in [2.75, 3.05) is 13.2 Å². The first-order valence-corrected chi connectivity index (χ1v) is 7.70. The van der Waals surface area contributed by atoms with Gasteiger partial charge in [0.05, 0.1) is 5.56 Å². The highest BCUT2D eigenvalue weighted by Crippen LogP contribution is 2.23. The van der Waals surface area contributed by atoms with E-state index in [0.717, 1.165) is 18.7 Å². The van der Waals surface area contributed by atoms with Crippen molar-refractivity contribution >= 4 is 5.91 Å². The zero-order valence-corrected chi connectivity index (χ0v) is 12.7. The minimum atomic E-state index is -0.00259. The third kappa shape index (κ3) is 2.90. The van der Waals surface area contributed by atoms with Gasteiger partial charge in [-0.25, -0.2) is 4.98 Å². The van der Waals surface area contributed by atoms with Crippen LogP contribution in [0.25, 0.3) is 5.82 Å². The highest BCUT2D eigenvalue weighted by molar-refractivity contribution is 5.94. The monoisotopic (exact) mass is 299 g/mol. The quantitative estimate of drug-likeness (QED) is 0.944. The largest absolute Gasteiger partial charge is 0.396 e. The van der Waals surface area contributed by atoms with E-state index in [1.54, 1.807) is 6.20 Å². The molecule has 0 aromatic carbocycles. The third-order valence-corrected chi connectivity index (χ3v) is 4.36. The first kappa shape index (κ1) is 14.8. The number of hydrogen-bond donors (Lipinski definition) is 1. The molecule has 2 aromatic heterocycles. The van der Waals surface area contributed by atoms with E-state index in [1.807, 2.05) is 46.1 Å². The summed E-state index contributed by atoms with van der Waals surface area (Å²) in [4.78, 5) is 18.9. The van der Waals surface area contributed by atoms with Gasteiger partial charge in [-0.1, -0.05) is 0 Å². The van der Waals surface area contributed by atoms with E-state index in [4.69, 9.17) is 0 Å². The van der Waals surface area contributed by atoms with E-state index in [2.05, 4.69) is 11.9 Å². The maximum atomic E-state index is 12.7. The first-order valence-electron chi connectivity index (χ1n) is 7.70. The Morgan fingerprint density at radius 1 is 1.32 bits per heavy atom. The molecule has 1 aliphatic rings. The van der Waals surface area contributed by atoms with Crippen molar-refractivity contribution in [3.05, 3.63) is 48.4 Å². The lowest BCUT2D eigenvalue weighted by molar-refractivity contribution is 0.0488. The predicted molar refractivity (Wildman–Crippen MR) is 83.9 cm³/mol. The number of nitrogens with zero attached hydrogens (tertiary/aromatic N) is 3. The van der Waals surface area contributed by atoms with E-state index in [-0.39, 0.29) is 24.5 Å². The van der Waals surface area contributed by atoms with Crippen molar-refractivity contribution in [3.63, 3.8) is 0 Å². The number of carbonyl (C=O) groups excluding carboxylic acids is 1. The fourth-order valence-electron chi connectivity index (χ4n) is 2.93. The number of aromatic nitrogens is 2. The summed E-state index contributed by atoms with van der Waals surface area (Å²) in [6.45, 7) is 2.82. The van der Waals surface area contributed by atoms with Gasteiger partial charge in [-0.2, -0.15) is 0 Å². The van der Waals surface area contributed by atoms with Crippen molar-refractivity contribution in [1.82, 2.24) is 14.5 Å². The molecule has 1 aliphatic heterocycles. The summed E-state index contributed by atoms with van der Waals surface area (Å²) >= 11 is 0. The highest BCUT2D eigenvalue weighted by atomic mass is 16.3. The Hall–Kier alpha value is -2.14. The van der Waals surface area contributed by atoms with Crippen LogP contribution in [0.3, 0.4) is 0 Å². The standard InChI is InChI=1S/C17H21N3O2/c1-13-4-5-14(12-21)11-20(13)17(22)15-6-7-16(18-10-15)19-8-2-3-9-19/h2-3,6-10,13-14,21H,4-5,11-12H2,1H3. The van der Waals surface area contributed by atoms with Gasteiger partial charge >= 0.3 is 0 Å². The third-order valence-electron chi connectivity index (χ3n) is 4.36. The normalized spacial score (nSPS) is 21.8. The van der Waals surface area contributed by atoms with Gasteiger partial charge in [0.25, 0.3) is 5.91 Å². The number of likely N-dealkylation sites (tertiary alicyclic amines) is 1. The van der Waals surface area contributed by atoms with Crippen LogP contribution in [-0.4, -0.2) is 44.7 Å². The topological polar surface area (TPSA) is 58.4 Å². The molecule has 1 amide bonds. The van der Waals surface area contributed by atoms with E-state index in [9.17, 15) is 9.90 Å². The zero-order chi connectivity index (χ0) is 15.5. The minimum absolute atomic E-state index is 0.00259. The van der Waals surface area contributed by atoms with E-state index in [0.29, 0.717) is 12.1 Å². The molecular formula is C17H21N3O2. The number of amides is 1. The van der Waals surface area contributed by atoms with E-state index in [1.165, 1.54) is 0 Å². The Kier molecular flexibility index (Phi) is 4.24. The van der Waals surface area contributed by atoms with Gasteiger partial charge in [0, 0.05) is 37.8 Å². The zero-order valence-electron chi connectivity index (χ0n) is 12.7. The molecule has 3 rings (SSSR count). The number of hydrogen-bond acceptors (Lipinski definition) is 3. The number of pyridine rings is 1. The van der Waals surface area contributed by atoms with Crippen LogP contribution in [0.15, 0.2) is 42.9 Å². The van der Waals surface area contributed by atoms with Crippen molar-refractivity contribution in [2.45, 2.75) is 25.8 Å². The molecule has 0 bridgehead atoms. The van der Waals surface area contributed by atoms with Crippen molar-refractivity contribution < 1.29 is 9.90 Å². The van der Waals surface area contributed by atoms with Crippen LogP contribution in [0.5, 0.6) is 0 Å². The lowest BCUT2D eigenvalue weighted by Crippen LogP contribution is -2.46. The van der Waals surface area contributed by atoms with Gasteiger partial charge in [-0.15, -0.1) is 0 Å². The predicted octanol–water partition coefficient (Wildman–Crippen LogP) is 2.11. The summed E-state index contributed by atoms with van der Waals surface area (Å²) in [5.74, 6) is 0.978. The molecule has 2 unspecified atom stereocenters. The van der Waals surface area contributed by atoms with Crippen LogP contribution < -0.4 is 0 Å². The van der Waals surface area contributed by atoms with Gasteiger partial charge in [0.15, 0.2) is 0 Å². The molecular weight excluding hydrogens is 278 g/mol. The number of rotatable bonds is 3. The van der Waals surface area contributed by atoms with Crippen LogP contribution in [0.4, 0.5) is 0 Å². The molecule has 2 aromatic rings. The summed E-state index contributed by atoms with van der Waals surface area (Å²) in [5.41, 5.74) is 0.598. The van der Waals surface area contributed by atoms with Crippen molar-refractivity contribution in [2.24, 2.45) is 5.92 Å². The number of aliphatic hydroxyl groups is 1. The van der Waals surface area contributed by atoms with Gasteiger partial charge in [0.1, 0.15) is 5.82 Å². The summed E-state index contributed by atoms with van der Waals surface area (Å²) in [6.07, 6.45) is 7.38. The molecule has 5 heteroatoms. The lowest BCUT2D eigenvalue weighted by atomic mass is 9.93. The van der Waals surface area contributed by atoms with E-state index < -0.39 is 0 Å². The average molecular weight is 299 g/mol. The summed E-state index contributed by atoms with van der Waals surface area (Å²) in [5, 5.41) is 9.34. The van der Waals surface area contributed by atoms with Crippen LogP contribution in [-0.2, 0) is 0 Å². The Morgan fingerprint density at radius 2 is 2.09 bits per heavy atom. The molecule has 2 atom stereocenters. The highest BCUT2D eigenvalue weighted by Gasteiger charge is 2.29. The molecule has 3 heterocycles. The van der Waals surface area contributed by atoms with Crippen molar-refractivity contribution in [1.29, 1.82) is 0 Å². The number of piperidine rings is 1. The minimum Gasteiger partial charge on any atom is -0.396 e. The Balaban J connectivity index is 1.77. The molecule has 1 N–H and O–H groups in total. The van der Waals surface area contributed by atoms with Crippen LogP contribution in [0, 0.1) is 5.92 Å². The lowest BCUT2D eigenvalue weighted by Gasteiger charge is -2.37. The van der Waals surface area contributed by atoms with Crippen LogP contribution in [0.2, 0.25) is 0 Å². The molecule has 116 valence electrons. The molecule has 5 nitrogen and oxygen atoms in total. The first-order chi connectivity index (χ1) is 10.7. The molecule has 0 spiro atoms. The maximum absolute atomic E-state index is 12.7. The Labute approximate surface area is 130 Å². The second-order valence-electron chi connectivity index (χ2n) is 5.93. The summed E-state index contributed by atoms with van der Waals surface area (Å²) < 4.78 is 1.90. The Morgan fingerprint density at radius 3 is 2.73 bits per heavy atom. The van der Waals surface area contributed by atoms with Gasteiger partial charge in [-0.05, 0) is 49.9 Å². The fraction of sp³-hybridized carbons (Fsp3) is 0.412. The molecule has 0 aliphatic carbocycles. The Bertz CT molecular complexity index is 622. The SMILES string of the molecule is CC1CCC(CO)CN1C(=O)c1ccc(-n2cccc2)nc1. The second kappa shape index (κ2) is 6.32. The fourth-order valence-corrected chi connectivity index (χ4v) is 2.93. The maximum Gasteiger partial charge on any atom is 0.255 e. The van der Waals surface area contributed by atoms with Crippen LogP contribution in [0.1, 0.15) is 30.1 Å². The average Bonchev–Trinajstić information content (AvgIpc) is 3.09. The molecule has 0 saturated carbocycles. The van der Waals surface area contributed by atoms with Gasteiger partial charge < -0.3 is 14.6 Å². The second-order valence-corrected chi connectivity index (χ2v) is 5.93. The van der Waals surface area contributed by atoms with Crippen molar-refractivity contribution in [3.8, 4) is 5.82 Å². The number of aliphatic hydroxyl groups excluding tert-OH is 1. The van der Waals surface area contributed by atoms with Gasteiger partial charge in [-0.3, -0.25) is 4.79 Å². The molecule has 0 radical (unpaired) electrons. The molecule has 1 fully saturated rings. The van der Waals surface area contributed by atoms with Crippen LogP contribution >= 0.6 is 0 Å². The molecule has 1 saturated heterocycles. The number of carbonyl (C=O) groups is 1.